The standard InChI is InChI=1S/C29H30O13/c30-7-5-14-1-4-19(18(31)10-14)40-8-6-15-9-16-2-3-17(12-22(32)33)24(34)23(16)25(35)20(11-15)41-13-21-26(36)27(37)28(38)29(39)42-21/h1-5,7,9-11,21,26-31,34,36-39H,6,8,12-13H2,(H,32,33)/b7-5+. The highest BCUT2D eigenvalue weighted by Crippen LogP contribution is 2.30. The van der Waals surface area contributed by atoms with Gasteiger partial charge >= 0.3 is 5.97 Å². The lowest BCUT2D eigenvalue weighted by Gasteiger charge is -2.37. The van der Waals surface area contributed by atoms with Gasteiger partial charge in [0.1, 0.15) is 36.8 Å². The Morgan fingerprint density at radius 3 is 2.38 bits per heavy atom. The number of hydrogen-bond donors (Lipinski definition) is 8. The molecule has 1 aliphatic rings. The Morgan fingerprint density at radius 2 is 1.69 bits per heavy atom. The van der Waals surface area contributed by atoms with E-state index in [-0.39, 0.29) is 46.6 Å². The normalized spacial score (nSPS) is 22.3. The maximum absolute atomic E-state index is 13.5. The van der Waals surface area contributed by atoms with Crippen molar-refractivity contribution in [1.82, 2.24) is 0 Å². The highest BCUT2D eigenvalue weighted by Gasteiger charge is 2.43. The van der Waals surface area contributed by atoms with Crippen LogP contribution in [-0.4, -0.2) is 90.7 Å². The number of aromatic hydroxyl groups is 2. The third kappa shape index (κ3) is 6.73. The fourth-order valence-corrected chi connectivity index (χ4v) is 4.53. The SMILES string of the molecule is O=C(O)Cc1ccc2cc(CCOc3ccc(/C=C/O)cc3O)cc(OCC3OC(O)C(O)C(O)C3O)c(=O)c2c1O. The van der Waals surface area contributed by atoms with E-state index in [1.54, 1.807) is 12.1 Å². The first-order valence-corrected chi connectivity index (χ1v) is 12.8. The van der Waals surface area contributed by atoms with Crippen LogP contribution in [0.5, 0.6) is 23.0 Å². The molecule has 0 spiro atoms. The molecule has 1 aliphatic heterocycles. The van der Waals surface area contributed by atoms with Gasteiger partial charge in [-0.1, -0.05) is 24.3 Å². The maximum atomic E-state index is 13.5. The Bertz CT molecular complexity index is 1540. The van der Waals surface area contributed by atoms with Crippen molar-refractivity contribution in [2.75, 3.05) is 13.2 Å². The summed E-state index contributed by atoms with van der Waals surface area (Å²) in [7, 11) is 0. The molecule has 0 aromatic heterocycles. The van der Waals surface area contributed by atoms with Crippen molar-refractivity contribution in [3.63, 3.8) is 0 Å². The van der Waals surface area contributed by atoms with Crippen molar-refractivity contribution >= 4 is 22.8 Å². The molecule has 42 heavy (non-hydrogen) atoms. The quantitative estimate of drug-likeness (QED) is 0.152. The van der Waals surface area contributed by atoms with Crippen LogP contribution in [0.2, 0.25) is 0 Å². The summed E-state index contributed by atoms with van der Waals surface area (Å²) in [4.78, 5) is 24.8. The van der Waals surface area contributed by atoms with E-state index < -0.39 is 60.9 Å². The van der Waals surface area contributed by atoms with Crippen LogP contribution < -0.4 is 14.9 Å². The van der Waals surface area contributed by atoms with Gasteiger partial charge in [0.15, 0.2) is 23.5 Å². The monoisotopic (exact) mass is 586 g/mol. The van der Waals surface area contributed by atoms with Crippen LogP contribution >= 0.6 is 0 Å². The molecule has 0 saturated carbocycles. The van der Waals surface area contributed by atoms with Crippen LogP contribution in [0.3, 0.4) is 0 Å². The molecule has 13 nitrogen and oxygen atoms in total. The minimum atomic E-state index is -1.82. The van der Waals surface area contributed by atoms with Crippen molar-refractivity contribution in [2.24, 2.45) is 0 Å². The second kappa shape index (κ2) is 13.1. The predicted octanol–water partition coefficient (Wildman–Crippen LogP) is 0.567. The van der Waals surface area contributed by atoms with Crippen molar-refractivity contribution in [3.8, 4) is 23.0 Å². The first-order chi connectivity index (χ1) is 20.0. The van der Waals surface area contributed by atoms with E-state index in [2.05, 4.69) is 0 Å². The van der Waals surface area contributed by atoms with E-state index in [0.717, 1.165) is 6.26 Å². The Kier molecular flexibility index (Phi) is 9.50. The number of aliphatic hydroxyl groups excluding tert-OH is 5. The molecular formula is C29H30O13. The van der Waals surface area contributed by atoms with Gasteiger partial charge in [-0.25, -0.2) is 0 Å². The summed E-state index contributed by atoms with van der Waals surface area (Å²) in [6.45, 7) is -0.525. The summed E-state index contributed by atoms with van der Waals surface area (Å²) < 4.78 is 16.4. The fraction of sp³-hybridized carbons (Fsp3) is 0.310. The topological polar surface area (TPSA) is 224 Å². The maximum Gasteiger partial charge on any atom is 0.307 e. The molecule has 224 valence electrons. The molecule has 8 N–H and O–H groups in total. The highest BCUT2D eigenvalue weighted by atomic mass is 16.6. The number of fused-ring (bicyclic) bond motifs is 1. The number of hydrogen-bond acceptors (Lipinski definition) is 12. The van der Waals surface area contributed by atoms with E-state index in [0.29, 0.717) is 11.1 Å². The Balaban J connectivity index is 1.66. The van der Waals surface area contributed by atoms with Gasteiger partial charge in [-0.3, -0.25) is 9.59 Å². The van der Waals surface area contributed by atoms with Crippen LogP contribution in [0.4, 0.5) is 0 Å². The summed E-state index contributed by atoms with van der Waals surface area (Å²) in [5, 5.41) is 78.9. The van der Waals surface area contributed by atoms with E-state index in [4.69, 9.17) is 19.3 Å². The van der Waals surface area contributed by atoms with Crippen molar-refractivity contribution < 1.29 is 59.9 Å². The van der Waals surface area contributed by atoms with Gasteiger partial charge in [-0.2, -0.15) is 0 Å². The molecule has 3 aromatic rings. The van der Waals surface area contributed by atoms with Crippen LogP contribution in [0.25, 0.3) is 16.8 Å². The molecule has 0 bridgehead atoms. The third-order valence-corrected chi connectivity index (χ3v) is 6.73. The molecule has 1 heterocycles. The number of aliphatic hydroxyl groups is 5. The zero-order valence-electron chi connectivity index (χ0n) is 22.0. The molecule has 0 amide bonds. The molecule has 0 radical (unpaired) electrons. The molecular weight excluding hydrogens is 556 g/mol. The summed E-state index contributed by atoms with van der Waals surface area (Å²) in [6.07, 6.45) is -6.52. The van der Waals surface area contributed by atoms with Crippen molar-refractivity contribution in [3.05, 3.63) is 75.6 Å². The smallest absolute Gasteiger partial charge is 0.307 e. The average Bonchev–Trinajstić information content (AvgIpc) is 3.07. The lowest BCUT2D eigenvalue weighted by Crippen LogP contribution is -2.58. The van der Waals surface area contributed by atoms with Gasteiger partial charge in [0, 0.05) is 12.0 Å². The summed E-state index contributed by atoms with van der Waals surface area (Å²) >= 11 is 0. The minimum Gasteiger partial charge on any atom is -0.516 e. The van der Waals surface area contributed by atoms with Gasteiger partial charge in [-0.15, -0.1) is 0 Å². The van der Waals surface area contributed by atoms with Gasteiger partial charge in [0.05, 0.1) is 24.7 Å². The second-order valence-electron chi connectivity index (χ2n) is 9.65. The van der Waals surface area contributed by atoms with Crippen LogP contribution in [0.1, 0.15) is 16.7 Å². The number of carboxylic acid groups (broad SMARTS) is 1. The molecule has 4 rings (SSSR count). The summed E-state index contributed by atoms with van der Waals surface area (Å²) in [6, 6.07) is 10.3. The van der Waals surface area contributed by atoms with E-state index in [9.17, 15) is 45.3 Å². The van der Waals surface area contributed by atoms with Gasteiger partial charge < -0.3 is 55.1 Å². The minimum absolute atomic E-state index is 0.00429. The summed E-state index contributed by atoms with van der Waals surface area (Å²) in [5.41, 5.74) is 0.202. The molecule has 1 saturated heterocycles. The van der Waals surface area contributed by atoms with E-state index in [1.165, 1.54) is 36.4 Å². The van der Waals surface area contributed by atoms with Gasteiger partial charge in [-0.05, 0) is 40.8 Å². The van der Waals surface area contributed by atoms with Crippen molar-refractivity contribution in [2.45, 2.75) is 43.5 Å². The lowest BCUT2D eigenvalue weighted by molar-refractivity contribution is -0.285. The zero-order valence-corrected chi connectivity index (χ0v) is 22.0. The van der Waals surface area contributed by atoms with E-state index >= 15 is 0 Å². The van der Waals surface area contributed by atoms with Gasteiger partial charge in [0.25, 0.3) is 0 Å². The molecule has 5 atom stereocenters. The first kappa shape index (κ1) is 30.6. The Morgan fingerprint density at radius 1 is 0.929 bits per heavy atom. The Labute approximate surface area is 238 Å². The number of phenolic OH excluding ortho intramolecular Hbond substituents is 2. The molecule has 0 aliphatic carbocycles. The summed E-state index contributed by atoms with van der Waals surface area (Å²) in [5.74, 6) is -2.10. The van der Waals surface area contributed by atoms with Crippen LogP contribution in [0, 0.1) is 0 Å². The lowest BCUT2D eigenvalue weighted by atomic mass is 9.99. The third-order valence-electron chi connectivity index (χ3n) is 6.73. The van der Waals surface area contributed by atoms with E-state index in [1.807, 2.05) is 0 Å². The molecule has 1 fully saturated rings. The number of ether oxygens (including phenoxy) is 3. The molecule has 5 unspecified atom stereocenters. The van der Waals surface area contributed by atoms with Crippen LogP contribution in [-0.2, 0) is 22.4 Å². The number of rotatable bonds is 10. The zero-order chi connectivity index (χ0) is 30.6. The number of carboxylic acids is 1. The Hall–Kier alpha value is -4.40. The highest BCUT2D eigenvalue weighted by molar-refractivity contribution is 5.91. The number of benzene rings is 2. The predicted molar refractivity (Wildman–Crippen MR) is 147 cm³/mol. The molecule has 3 aromatic carbocycles. The van der Waals surface area contributed by atoms with Crippen LogP contribution in [0.15, 0.2) is 53.5 Å². The van der Waals surface area contributed by atoms with Crippen molar-refractivity contribution in [1.29, 1.82) is 0 Å². The fourth-order valence-electron chi connectivity index (χ4n) is 4.53. The first-order valence-electron chi connectivity index (χ1n) is 12.8. The largest absolute Gasteiger partial charge is 0.516 e. The number of phenols is 2. The second-order valence-corrected chi connectivity index (χ2v) is 9.65. The number of aliphatic carboxylic acids is 1. The average molecular weight is 587 g/mol. The molecule has 13 heteroatoms. The number of carbonyl (C=O) groups is 1. The van der Waals surface area contributed by atoms with Gasteiger partial charge in [0.2, 0.25) is 5.43 Å².